The second-order valence-electron chi connectivity index (χ2n) is 7.65. The Morgan fingerprint density at radius 3 is 2.31 bits per heavy atom. The third-order valence-corrected chi connectivity index (χ3v) is 5.76. The Balaban J connectivity index is 2.10. The van der Waals surface area contributed by atoms with Gasteiger partial charge in [-0.2, -0.15) is 13.2 Å². The van der Waals surface area contributed by atoms with Crippen LogP contribution in [0.4, 0.5) is 29.3 Å². The summed E-state index contributed by atoms with van der Waals surface area (Å²) in [4.78, 5) is 35.0. The largest absolute Gasteiger partial charge is 0.498 e. The number of nitro groups is 1. The number of esters is 1. The molecule has 0 aliphatic carbocycles. The number of rotatable bonds is 4. The number of likely N-dealkylation sites (tertiary alicyclic amines) is 1. The molecule has 0 N–H and O–H groups in total. The number of hydrogen-bond donors (Lipinski definition) is 0. The van der Waals surface area contributed by atoms with Crippen LogP contribution in [0.15, 0.2) is 48.5 Å². The fourth-order valence-electron chi connectivity index (χ4n) is 4.19. The van der Waals surface area contributed by atoms with Crippen molar-refractivity contribution >= 4 is 23.4 Å². The van der Waals surface area contributed by atoms with Crippen molar-refractivity contribution in [2.75, 3.05) is 20.2 Å². The molecule has 1 heterocycles. The van der Waals surface area contributed by atoms with E-state index in [9.17, 15) is 38.0 Å². The minimum absolute atomic E-state index is 0.0776. The van der Waals surface area contributed by atoms with Crippen LogP contribution in [-0.2, 0) is 15.7 Å². The van der Waals surface area contributed by atoms with Crippen LogP contribution in [-0.4, -0.2) is 37.2 Å². The predicted molar refractivity (Wildman–Crippen MR) is 104 cm³/mol. The van der Waals surface area contributed by atoms with E-state index >= 15 is 0 Å². The molecule has 1 amide bonds. The number of methoxy groups -OCH3 is 1. The molecule has 0 aromatic heterocycles. The Morgan fingerprint density at radius 1 is 1.12 bits per heavy atom. The fourth-order valence-corrected chi connectivity index (χ4v) is 4.19. The van der Waals surface area contributed by atoms with Gasteiger partial charge in [-0.3, -0.25) is 14.9 Å². The zero-order valence-electron chi connectivity index (χ0n) is 16.9. The molecule has 1 aliphatic rings. The Kier molecular flexibility index (Phi) is 6.22. The average Bonchev–Trinajstić information content (AvgIpc) is 2.77. The number of carbonyl (C=O) groups excluding carboxylic acids is 2. The zero-order chi connectivity index (χ0) is 23.7. The number of carboxylic acid groups (broad SMARTS) is 1. The first-order chi connectivity index (χ1) is 15.0. The van der Waals surface area contributed by atoms with Crippen molar-refractivity contribution in [2.24, 2.45) is 5.92 Å². The summed E-state index contributed by atoms with van der Waals surface area (Å²) >= 11 is 0. The first-order valence-electron chi connectivity index (χ1n) is 9.56. The molecule has 1 aliphatic heterocycles. The van der Waals surface area contributed by atoms with Crippen LogP contribution in [0.5, 0.6) is 0 Å². The average molecular weight is 452 g/mol. The number of piperidine rings is 1. The Labute approximate surface area is 180 Å². The highest BCUT2D eigenvalue weighted by Crippen LogP contribution is 2.40. The van der Waals surface area contributed by atoms with Gasteiger partial charge >= 0.3 is 12.1 Å². The maximum absolute atomic E-state index is 13.2. The van der Waals surface area contributed by atoms with Crippen molar-refractivity contribution in [2.45, 2.75) is 18.5 Å². The summed E-state index contributed by atoms with van der Waals surface area (Å²) < 4.78 is 43.5. The van der Waals surface area contributed by atoms with Crippen molar-refractivity contribution in [1.29, 1.82) is 0 Å². The Hall–Kier alpha value is -3.47. The van der Waals surface area contributed by atoms with Crippen LogP contribution in [0.2, 0.25) is 0 Å². The van der Waals surface area contributed by atoms with E-state index in [1.165, 1.54) is 24.3 Å². The summed E-state index contributed by atoms with van der Waals surface area (Å²) in [6.45, 7) is -0.461. The lowest BCUT2D eigenvalue weighted by molar-refractivity contribution is -0.384. The molecule has 1 saturated heterocycles. The van der Waals surface area contributed by atoms with Crippen molar-refractivity contribution in [3.8, 4) is 0 Å². The lowest BCUT2D eigenvalue weighted by atomic mass is 9.82. The van der Waals surface area contributed by atoms with Gasteiger partial charge in [0, 0.05) is 30.2 Å². The van der Waals surface area contributed by atoms with Crippen LogP contribution in [0.3, 0.4) is 0 Å². The van der Waals surface area contributed by atoms with Crippen LogP contribution < -0.4 is 9.59 Å². The van der Waals surface area contributed by atoms with E-state index in [1.807, 2.05) is 0 Å². The maximum Gasteiger partial charge on any atom is 0.416 e. The molecular formula is C21H19F3N2O6. The Morgan fingerprint density at radius 2 is 1.78 bits per heavy atom. The van der Waals surface area contributed by atoms with Crippen LogP contribution in [0, 0.1) is 16.0 Å². The SMILES string of the molecule is COC(=O)C1CC(c2cccc(C(F)(F)F)c2)C[N+](C(=O)[O-])(c2ccc([N+](=O)[O-])cc2)C1. The monoisotopic (exact) mass is 452 g/mol. The number of halogens is 3. The highest BCUT2D eigenvalue weighted by molar-refractivity contribution is 5.82. The second kappa shape index (κ2) is 8.58. The molecular weight excluding hydrogens is 433 g/mol. The van der Waals surface area contributed by atoms with Gasteiger partial charge < -0.3 is 14.6 Å². The van der Waals surface area contributed by atoms with Gasteiger partial charge in [-0.25, -0.2) is 4.48 Å². The van der Waals surface area contributed by atoms with E-state index in [1.54, 1.807) is 0 Å². The molecule has 3 unspecified atom stereocenters. The normalized spacial score (nSPS) is 23.4. The lowest BCUT2D eigenvalue weighted by Gasteiger charge is -2.45. The molecule has 32 heavy (non-hydrogen) atoms. The third-order valence-electron chi connectivity index (χ3n) is 5.76. The highest BCUT2D eigenvalue weighted by atomic mass is 19.4. The van der Waals surface area contributed by atoms with Gasteiger partial charge in [0.05, 0.1) is 24.1 Å². The van der Waals surface area contributed by atoms with E-state index in [0.29, 0.717) is 0 Å². The summed E-state index contributed by atoms with van der Waals surface area (Å²) in [7, 11) is 1.13. The number of carbonyl (C=O) groups is 2. The van der Waals surface area contributed by atoms with E-state index in [4.69, 9.17) is 4.74 Å². The topological polar surface area (TPSA) is 110 Å². The van der Waals surface area contributed by atoms with Crippen LogP contribution >= 0.6 is 0 Å². The third kappa shape index (κ3) is 4.42. The molecule has 170 valence electrons. The van der Waals surface area contributed by atoms with Gasteiger partial charge in [-0.15, -0.1) is 0 Å². The molecule has 1 fully saturated rings. The molecule has 0 bridgehead atoms. The number of nitrogens with zero attached hydrogens (tertiary/aromatic N) is 2. The number of benzene rings is 2. The number of nitro benzene ring substituents is 1. The number of amides is 1. The molecule has 0 spiro atoms. The van der Waals surface area contributed by atoms with E-state index in [0.717, 1.165) is 31.4 Å². The van der Waals surface area contributed by atoms with Crippen molar-refractivity contribution in [3.63, 3.8) is 0 Å². The molecule has 3 rings (SSSR count). The first-order valence-corrected chi connectivity index (χ1v) is 9.56. The maximum atomic E-state index is 13.2. The quantitative estimate of drug-likeness (QED) is 0.305. The number of ether oxygens (including phenoxy) is 1. The predicted octanol–water partition coefficient (Wildman–Crippen LogP) is 3.24. The second-order valence-corrected chi connectivity index (χ2v) is 7.65. The summed E-state index contributed by atoms with van der Waals surface area (Å²) in [5.41, 5.74) is -0.821. The number of alkyl halides is 3. The minimum atomic E-state index is -4.59. The number of hydrogen-bond acceptors (Lipinski definition) is 6. The van der Waals surface area contributed by atoms with Crippen molar-refractivity contribution in [1.82, 2.24) is 4.48 Å². The van der Waals surface area contributed by atoms with Gasteiger partial charge in [0.1, 0.15) is 18.2 Å². The molecule has 8 nitrogen and oxygen atoms in total. The van der Waals surface area contributed by atoms with Gasteiger partial charge in [-0.05, 0) is 18.1 Å². The zero-order valence-corrected chi connectivity index (χ0v) is 16.9. The summed E-state index contributed by atoms with van der Waals surface area (Å²) in [6, 6.07) is 9.25. The van der Waals surface area contributed by atoms with Crippen LogP contribution in [0.1, 0.15) is 23.5 Å². The van der Waals surface area contributed by atoms with Crippen molar-refractivity contribution in [3.05, 3.63) is 69.8 Å². The summed E-state index contributed by atoms with van der Waals surface area (Å²) in [5.74, 6) is -2.39. The van der Waals surface area contributed by atoms with Crippen LogP contribution in [0.25, 0.3) is 0 Å². The lowest BCUT2D eigenvalue weighted by Crippen LogP contribution is -2.66. The molecule has 2 aromatic rings. The van der Waals surface area contributed by atoms with Gasteiger partial charge in [0.15, 0.2) is 0 Å². The Bertz CT molecular complexity index is 1040. The van der Waals surface area contributed by atoms with Gasteiger partial charge in [0.25, 0.3) is 11.8 Å². The molecule has 11 heteroatoms. The summed E-state index contributed by atoms with van der Waals surface area (Å²) in [6.07, 6.45) is -6.09. The first kappa shape index (κ1) is 23.2. The van der Waals surface area contributed by atoms with Gasteiger partial charge in [0.2, 0.25) is 0 Å². The summed E-state index contributed by atoms with van der Waals surface area (Å²) in [5, 5.41) is 23.3. The molecule has 2 aromatic carbocycles. The van der Waals surface area contributed by atoms with E-state index < -0.39 is 45.0 Å². The standard InChI is InChI=1S/C21H19F3N2O6/c1-32-19(27)15-9-14(13-3-2-4-16(10-13)21(22,23)24)11-26(12-15,20(28)29)18-7-5-17(6-8-18)25(30)31/h2-8,10,14-15H,9,11-12H2,1H3. The molecule has 0 saturated carbocycles. The molecule has 0 radical (unpaired) electrons. The smallest absolute Gasteiger partial charge is 0.416 e. The minimum Gasteiger partial charge on any atom is -0.498 e. The van der Waals surface area contributed by atoms with Crippen molar-refractivity contribution < 1.29 is 37.5 Å². The van der Waals surface area contributed by atoms with Gasteiger partial charge in [-0.1, -0.05) is 18.2 Å². The fraction of sp³-hybridized carbons (Fsp3) is 0.333. The number of quaternary nitrogens is 1. The molecule has 3 atom stereocenters. The number of non-ortho nitro benzene ring substituents is 1. The van der Waals surface area contributed by atoms with E-state index in [-0.39, 0.29) is 36.4 Å². The highest BCUT2D eigenvalue weighted by Gasteiger charge is 2.47. The van der Waals surface area contributed by atoms with E-state index in [2.05, 4.69) is 0 Å².